The maximum absolute atomic E-state index is 13.6. The van der Waals surface area contributed by atoms with E-state index in [4.69, 9.17) is 23.7 Å². The fourth-order valence-corrected chi connectivity index (χ4v) is 4.16. The minimum Gasteiger partial charge on any atom is -0.458 e. The van der Waals surface area contributed by atoms with Gasteiger partial charge in [0.25, 0.3) is 0 Å². The van der Waals surface area contributed by atoms with Crippen LogP contribution in [0.4, 0.5) is 19.2 Å². The lowest BCUT2D eigenvalue weighted by Gasteiger charge is -2.36. The van der Waals surface area contributed by atoms with Crippen LogP contribution in [-0.2, 0) is 28.5 Å². The fourth-order valence-electron chi connectivity index (χ4n) is 4.16. The quantitative estimate of drug-likeness (QED) is 0.138. The van der Waals surface area contributed by atoms with E-state index in [1.54, 1.807) is 104 Å². The van der Waals surface area contributed by atoms with Crippen molar-refractivity contribution >= 4 is 30.3 Å². The first-order chi connectivity index (χ1) is 21.3. The zero-order valence-electron chi connectivity index (χ0n) is 32.5. The van der Waals surface area contributed by atoms with E-state index in [0.717, 1.165) is 0 Å². The van der Waals surface area contributed by atoms with E-state index >= 15 is 0 Å². The largest absolute Gasteiger partial charge is 0.458 e. The molecule has 0 spiro atoms. The Kier molecular flexibility index (Phi) is 16.2. The number of nitrogens with zero attached hydrogens (tertiary/aromatic N) is 2. The van der Waals surface area contributed by atoms with Crippen molar-refractivity contribution in [3.05, 3.63) is 0 Å². The van der Waals surface area contributed by atoms with Gasteiger partial charge in [0, 0.05) is 0 Å². The van der Waals surface area contributed by atoms with Gasteiger partial charge in [0.1, 0.15) is 34.0 Å². The molecule has 0 unspecified atom stereocenters. The number of carbonyl (C=O) groups is 5. The zero-order chi connectivity index (χ0) is 37.9. The van der Waals surface area contributed by atoms with Crippen LogP contribution in [0.2, 0.25) is 0 Å². The van der Waals surface area contributed by atoms with E-state index in [9.17, 15) is 24.0 Å². The Labute approximate surface area is 288 Å². The molecule has 2 N–H and O–H groups in total. The number of imide groups is 1. The Balaban J connectivity index is 6.27. The fraction of sp³-hybridized carbons (Fsp3) is 0.853. The third kappa shape index (κ3) is 21.6. The number of hydrogen-bond acceptors (Lipinski definition) is 10. The Bertz CT molecular complexity index is 1030. The lowest BCUT2D eigenvalue weighted by atomic mass is 10.1. The molecule has 14 nitrogen and oxygen atoms in total. The van der Waals surface area contributed by atoms with Gasteiger partial charge in [-0.15, -0.1) is 0 Å². The van der Waals surface area contributed by atoms with Crippen LogP contribution in [0.25, 0.3) is 0 Å². The predicted octanol–water partition coefficient (Wildman–Crippen LogP) is 6.15. The molecule has 0 radical (unpaired) electrons. The number of esters is 1. The molecule has 0 aromatic rings. The minimum atomic E-state index is -1.36. The van der Waals surface area contributed by atoms with E-state index in [0.29, 0.717) is 35.4 Å². The first-order valence-corrected chi connectivity index (χ1v) is 16.6. The summed E-state index contributed by atoms with van der Waals surface area (Å²) >= 11 is 0. The Morgan fingerprint density at radius 1 is 0.542 bits per heavy atom. The average molecular weight is 690 g/mol. The van der Waals surface area contributed by atoms with E-state index in [2.05, 4.69) is 10.6 Å². The summed E-state index contributed by atoms with van der Waals surface area (Å²) in [5.41, 5.74) is -4.16. The zero-order valence-corrected chi connectivity index (χ0v) is 32.5. The lowest BCUT2D eigenvalue weighted by Crippen LogP contribution is -2.55. The molecule has 1 atom stereocenters. The highest BCUT2D eigenvalue weighted by Gasteiger charge is 2.42. The Morgan fingerprint density at radius 2 is 0.875 bits per heavy atom. The first-order valence-electron chi connectivity index (χ1n) is 16.6. The van der Waals surface area contributed by atoms with Crippen LogP contribution in [0.15, 0.2) is 0 Å². The van der Waals surface area contributed by atoms with Crippen molar-refractivity contribution in [1.29, 1.82) is 0 Å². The van der Waals surface area contributed by atoms with Crippen molar-refractivity contribution in [2.75, 3.05) is 39.8 Å². The second-order valence-electron chi connectivity index (χ2n) is 17.2. The third-order valence-electron chi connectivity index (χ3n) is 5.99. The third-order valence-corrected chi connectivity index (χ3v) is 5.99. The molecule has 280 valence electrons. The number of rotatable bonds is 12. The summed E-state index contributed by atoms with van der Waals surface area (Å²) in [4.78, 5) is 65.8. The SMILES string of the molecule is CC(C)(C)OC(=O)NCC[N+](C)(CCC[C@@H](C(=O)OC(C)(C)C)N(C(=O)OC(C)(C)C)C(=O)OC(C)(C)C)CCNC(=O)OC(C)(C)C. The van der Waals surface area contributed by atoms with Crippen LogP contribution in [0.3, 0.4) is 0 Å². The minimum absolute atomic E-state index is 0.0280. The van der Waals surface area contributed by atoms with Crippen molar-refractivity contribution in [2.45, 2.75) is 151 Å². The number of alkyl carbamates (subject to hydrolysis) is 2. The molecular formula is C34H65N4O10+. The maximum Gasteiger partial charge on any atom is 0.420 e. The van der Waals surface area contributed by atoms with Crippen LogP contribution < -0.4 is 10.6 Å². The van der Waals surface area contributed by atoms with Gasteiger partial charge >= 0.3 is 30.3 Å². The van der Waals surface area contributed by atoms with Gasteiger partial charge in [-0.1, -0.05) is 0 Å². The van der Waals surface area contributed by atoms with Crippen molar-refractivity contribution in [3.63, 3.8) is 0 Å². The molecule has 0 saturated heterocycles. The number of quaternary nitrogens is 1. The van der Waals surface area contributed by atoms with Crippen molar-refractivity contribution < 1.29 is 52.1 Å². The van der Waals surface area contributed by atoms with Gasteiger partial charge in [-0.2, -0.15) is 4.90 Å². The van der Waals surface area contributed by atoms with Gasteiger partial charge in [-0.3, -0.25) is 0 Å². The highest BCUT2D eigenvalue weighted by atomic mass is 16.6. The van der Waals surface area contributed by atoms with Crippen molar-refractivity contribution in [3.8, 4) is 0 Å². The molecule has 0 aliphatic rings. The molecule has 0 rings (SSSR count). The molecule has 0 aromatic carbocycles. The number of amides is 4. The maximum atomic E-state index is 13.6. The molecule has 0 fully saturated rings. The summed E-state index contributed by atoms with van der Waals surface area (Å²) in [5.74, 6) is -0.786. The molecule has 48 heavy (non-hydrogen) atoms. The highest BCUT2D eigenvalue weighted by molar-refractivity contribution is 5.94. The van der Waals surface area contributed by atoms with Gasteiger partial charge in [0.15, 0.2) is 0 Å². The first kappa shape index (κ1) is 44.7. The molecule has 4 amide bonds. The van der Waals surface area contributed by atoms with Gasteiger partial charge in [0.05, 0.1) is 39.8 Å². The Hall–Kier alpha value is -3.29. The predicted molar refractivity (Wildman–Crippen MR) is 182 cm³/mol. The summed E-state index contributed by atoms with van der Waals surface area (Å²) in [6.07, 6.45) is -2.82. The number of nitrogens with one attached hydrogen (secondary N) is 2. The van der Waals surface area contributed by atoms with E-state index < -0.39 is 64.4 Å². The van der Waals surface area contributed by atoms with Crippen LogP contribution >= 0.6 is 0 Å². The number of carbonyl (C=O) groups excluding carboxylic acids is 5. The summed E-state index contributed by atoms with van der Waals surface area (Å²) < 4.78 is 27.8. The van der Waals surface area contributed by atoms with E-state index in [-0.39, 0.29) is 19.5 Å². The van der Waals surface area contributed by atoms with Gasteiger partial charge in [-0.25, -0.2) is 24.0 Å². The number of likely N-dealkylation sites (N-methyl/N-ethyl adjacent to an activating group) is 1. The second-order valence-corrected chi connectivity index (χ2v) is 17.2. The smallest absolute Gasteiger partial charge is 0.420 e. The van der Waals surface area contributed by atoms with Crippen LogP contribution in [0, 0.1) is 0 Å². The molecule has 0 aliphatic heterocycles. The standard InChI is InChI=1S/C34H64N4O10/c1-30(2,3)44-25(39)24(37(28(42)47-33(10,11)12)29(43)48-34(13,14)15)18-17-21-38(16,22-19-35-26(40)45-31(4,5)6)23-20-36-27(41)46-32(7,8)9/h24H,17-23H2,1-16H3,(H-,35,36,40,41)/p+1/t24-/m0/s1. The summed E-state index contributed by atoms with van der Waals surface area (Å²) in [7, 11) is 1.94. The molecule has 0 saturated carbocycles. The number of ether oxygens (including phenoxy) is 5. The second kappa shape index (κ2) is 17.4. The van der Waals surface area contributed by atoms with Crippen molar-refractivity contribution in [1.82, 2.24) is 15.5 Å². The Morgan fingerprint density at radius 3 is 1.19 bits per heavy atom. The van der Waals surface area contributed by atoms with Crippen LogP contribution in [0.1, 0.15) is 117 Å². The van der Waals surface area contributed by atoms with Crippen molar-refractivity contribution in [2.24, 2.45) is 0 Å². The molecule has 0 aromatic heterocycles. The molecule has 0 bridgehead atoms. The topological polar surface area (TPSA) is 159 Å². The van der Waals surface area contributed by atoms with Gasteiger partial charge in [0.2, 0.25) is 0 Å². The molecule has 0 aliphatic carbocycles. The van der Waals surface area contributed by atoms with Gasteiger partial charge < -0.3 is 38.8 Å². The lowest BCUT2D eigenvalue weighted by molar-refractivity contribution is -0.907. The monoisotopic (exact) mass is 689 g/mol. The molecule has 14 heteroatoms. The summed E-state index contributed by atoms with van der Waals surface area (Å²) in [6, 6.07) is -1.36. The normalized spacial score (nSPS) is 13.5. The van der Waals surface area contributed by atoms with Crippen LogP contribution in [0.5, 0.6) is 0 Å². The molecular weight excluding hydrogens is 624 g/mol. The van der Waals surface area contributed by atoms with E-state index in [1.807, 2.05) is 7.05 Å². The molecule has 0 heterocycles. The summed E-state index contributed by atoms with van der Waals surface area (Å²) in [6.45, 7) is 27.5. The number of hydrogen-bond donors (Lipinski definition) is 2. The highest BCUT2D eigenvalue weighted by Crippen LogP contribution is 2.22. The van der Waals surface area contributed by atoms with E-state index in [1.165, 1.54) is 0 Å². The van der Waals surface area contributed by atoms with Crippen LogP contribution in [-0.4, -0.2) is 114 Å². The average Bonchev–Trinajstić information content (AvgIpc) is 2.77. The summed E-state index contributed by atoms with van der Waals surface area (Å²) in [5, 5.41) is 5.53. The van der Waals surface area contributed by atoms with Gasteiger partial charge in [-0.05, 0) is 117 Å².